The Morgan fingerprint density at radius 1 is 1.21 bits per heavy atom. The van der Waals surface area contributed by atoms with E-state index in [9.17, 15) is 10.1 Å². The Morgan fingerprint density at radius 2 is 2.10 bits per heavy atom. The zero-order valence-corrected chi connectivity index (χ0v) is 15.3. The van der Waals surface area contributed by atoms with Crippen molar-refractivity contribution >= 4 is 22.2 Å². The van der Waals surface area contributed by atoms with E-state index in [2.05, 4.69) is 31.0 Å². The van der Waals surface area contributed by atoms with E-state index in [1.165, 1.54) is 0 Å². The molecule has 1 atom stereocenters. The molecule has 0 spiro atoms. The van der Waals surface area contributed by atoms with Gasteiger partial charge < -0.3 is 4.98 Å². The number of aromatic amines is 1. The minimum Gasteiger partial charge on any atom is -0.303 e. The lowest BCUT2D eigenvalue weighted by molar-refractivity contribution is 0.627. The Labute approximate surface area is 163 Å². The van der Waals surface area contributed by atoms with Gasteiger partial charge in [-0.25, -0.2) is 14.8 Å². The number of nitrogens with one attached hydrogen (secondary N) is 1. The van der Waals surface area contributed by atoms with Crippen molar-refractivity contribution in [2.24, 2.45) is 0 Å². The van der Waals surface area contributed by atoms with Crippen molar-refractivity contribution in [3.8, 4) is 12.0 Å². The molecule has 0 aliphatic rings. The van der Waals surface area contributed by atoms with Crippen molar-refractivity contribution in [2.75, 3.05) is 0 Å². The quantitative estimate of drug-likeness (QED) is 0.512. The first-order valence-corrected chi connectivity index (χ1v) is 8.90. The summed E-state index contributed by atoms with van der Waals surface area (Å²) in [6.45, 7) is 1.92. The van der Waals surface area contributed by atoms with E-state index in [4.69, 9.17) is 0 Å². The van der Waals surface area contributed by atoms with Crippen LogP contribution in [0, 0.1) is 11.3 Å². The largest absolute Gasteiger partial charge is 0.328 e. The van der Waals surface area contributed by atoms with E-state index in [0.717, 1.165) is 11.1 Å². The summed E-state index contributed by atoms with van der Waals surface area (Å²) in [5, 5.41) is 9.19. The molecule has 0 saturated carbocycles. The molecule has 4 aromatic heterocycles. The number of nitrogens with zero attached hydrogens (tertiary/aromatic N) is 7. The number of rotatable bonds is 3. The van der Waals surface area contributed by atoms with Crippen molar-refractivity contribution < 1.29 is 0 Å². The molecule has 0 fully saturated rings. The van der Waals surface area contributed by atoms with Gasteiger partial charge in [-0.3, -0.25) is 14.1 Å². The summed E-state index contributed by atoms with van der Waals surface area (Å²) >= 11 is 0. The number of benzene rings is 1. The predicted octanol–water partition coefficient (Wildman–Crippen LogP) is 2.33. The molecule has 1 unspecified atom stereocenters. The molecule has 4 heterocycles. The fourth-order valence-electron chi connectivity index (χ4n) is 3.39. The molecular weight excluding hydrogens is 368 g/mol. The number of aromatic nitrogens is 7. The van der Waals surface area contributed by atoms with Gasteiger partial charge in [0.05, 0.1) is 34.9 Å². The summed E-state index contributed by atoms with van der Waals surface area (Å²) in [6, 6.07) is 10.8. The molecule has 0 saturated heterocycles. The Balaban J connectivity index is 1.70. The molecular formula is C20H14N8O. The van der Waals surface area contributed by atoms with Crippen molar-refractivity contribution in [2.45, 2.75) is 13.0 Å². The summed E-state index contributed by atoms with van der Waals surface area (Å²) < 4.78 is 3.28. The monoisotopic (exact) mass is 382 g/mol. The first-order valence-electron chi connectivity index (χ1n) is 8.90. The third kappa shape index (κ3) is 2.66. The van der Waals surface area contributed by atoms with Crippen molar-refractivity contribution in [3.63, 3.8) is 0 Å². The standard InChI is InChI=1S/C20H14N8O/c1-12(14-3-2-6-22-9-14)28-18-16(25-20(28)29)10-23-19(26-18)27-11-24-15-5-4-13(8-21)7-17(15)27/h2-7,9-12H,1H3,(H,25,29). The SMILES string of the molecule is CC(c1cccnc1)n1c(=O)[nH]c2cnc(-n3cnc4ccc(C#N)cc43)nc21. The molecule has 0 bridgehead atoms. The number of H-pyrrole nitrogens is 1. The first-order chi connectivity index (χ1) is 14.2. The Bertz CT molecular complexity index is 1460. The average molecular weight is 382 g/mol. The van der Waals surface area contributed by atoms with E-state index in [0.29, 0.717) is 28.2 Å². The molecule has 1 N–H and O–H groups in total. The number of hydrogen-bond acceptors (Lipinski definition) is 6. The molecule has 29 heavy (non-hydrogen) atoms. The number of fused-ring (bicyclic) bond motifs is 2. The molecule has 9 nitrogen and oxygen atoms in total. The van der Waals surface area contributed by atoms with Gasteiger partial charge in [0.25, 0.3) is 0 Å². The highest BCUT2D eigenvalue weighted by Crippen LogP contribution is 2.21. The van der Waals surface area contributed by atoms with Gasteiger partial charge in [0.1, 0.15) is 11.8 Å². The molecule has 0 amide bonds. The summed E-state index contributed by atoms with van der Waals surface area (Å²) in [4.78, 5) is 32.9. The highest BCUT2D eigenvalue weighted by Gasteiger charge is 2.18. The van der Waals surface area contributed by atoms with E-state index in [1.807, 2.05) is 19.1 Å². The average Bonchev–Trinajstić information content (AvgIpc) is 3.32. The van der Waals surface area contributed by atoms with Gasteiger partial charge in [-0.15, -0.1) is 0 Å². The van der Waals surface area contributed by atoms with Crippen LogP contribution in [0.1, 0.15) is 24.1 Å². The Hall–Kier alpha value is -4.32. The van der Waals surface area contributed by atoms with Crippen LogP contribution in [0.5, 0.6) is 0 Å². The molecule has 9 heteroatoms. The van der Waals surface area contributed by atoms with Gasteiger partial charge in [-0.2, -0.15) is 10.2 Å². The van der Waals surface area contributed by atoms with Gasteiger partial charge in [-0.05, 0) is 36.8 Å². The van der Waals surface area contributed by atoms with Gasteiger partial charge >= 0.3 is 5.69 Å². The number of nitriles is 1. The van der Waals surface area contributed by atoms with E-state index in [-0.39, 0.29) is 11.7 Å². The van der Waals surface area contributed by atoms with Gasteiger partial charge in [-0.1, -0.05) is 6.07 Å². The zero-order chi connectivity index (χ0) is 20.0. The molecule has 1 aromatic carbocycles. The molecule has 5 aromatic rings. The lowest BCUT2D eigenvalue weighted by Gasteiger charge is -2.13. The lowest BCUT2D eigenvalue weighted by Crippen LogP contribution is -2.21. The van der Waals surface area contributed by atoms with E-state index >= 15 is 0 Å². The molecule has 0 aliphatic heterocycles. The van der Waals surface area contributed by atoms with Gasteiger partial charge in [0.15, 0.2) is 5.65 Å². The smallest absolute Gasteiger partial charge is 0.303 e. The maximum Gasteiger partial charge on any atom is 0.328 e. The predicted molar refractivity (Wildman–Crippen MR) is 106 cm³/mol. The van der Waals surface area contributed by atoms with Crippen LogP contribution in [-0.2, 0) is 0 Å². The maximum atomic E-state index is 12.6. The molecule has 5 rings (SSSR count). The summed E-state index contributed by atoms with van der Waals surface area (Å²) in [7, 11) is 0. The molecule has 0 radical (unpaired) electrons. The topological polar surface area (TPSA) is 118 Å². The first kappa shape index (κ1) is 16.8. The minimum absolute atomic E-state index is 0.266. The van der Waals surface area contributed by atoms with Crippen LogP contribution in [0.25, 0.3) is 28.1 Å². The van der Waals surface area contributed by atoms with Crippen LogP contribution in [0.4, 0.5) is 0 Å². The van der Waals surface area contributed by atoms with Crippen LogP contribution in [0.2, 0.25) is 0 Å². The number of imidazole rings is 2. The fourth-order valence-corrected chi connectivity index (χ4v) is 3.39. The third-order valence-electron chi connectivity index (χ3n) is 4.89. The fraction of sp³-hybridized carbons (Fsp3) is 0.100. The second-order valence-corrected chi connectivity index (χ2v) is 6.60. The summed E-state index contributed by atoms with van der Waals surface area (Å²) in [5.41, 5.74) is 3.60. The number of hydrogen-bond donors (Lipinski definition) is 1. The third-order valence-corrected chi connectivity index (χ3v) is 4.89. The summed E-state index contributed by atoms with van der Waals surface area (Å²) in [5.74, 6) is 0.362. The molecule has 0 aliphatic carbocycles. The van der Waals surface area contributed by atoms with Crippen LogP contribution in [-0.4, -0.2) is 34.1 Å². The number of pyridine rings is 1. The zero-order valence-electron chi connectivity index (χ0n) is 15.3. The lowest BCUT2D eigenvalue weighted by atomic mass is 10.1. The van der Waals surface area contributed by atoms with Crippen molar-refractivity contribution in [1.29, 1.82) is 5.26 Å². The van der Waals surface area contributed by atoms with Crippen LogP contribution in [0.15, 0.2) is 60.0 Å². The van der Waals surface area contributed by atoms with E-state index < -0.39 is 0 Å². The Morgan fingerprint density at radius 3 is 2.90 bits per heavy atom. The van der Waals surface area contributed by atoms with Crippen LogP contribution < -0.4 is 5.69 Å². The normalized spacial score (nSPS) is 12.3. The van der Waals surface area contributed by atoms with Gasteiger partial charge in [0, 0.05) is 12.4 Å². The van der Waals surface area contributed by atoms with Crippen molar-refractivity contribution in [3.05, 3.63) is 76.9 Å². The second-order valence-electron chi connectivity index (χ2n) is 6.60. The van der Waals surface area contributed by atoms with Crippen LogP contribution >= 0.6 is 0 Å². The van der Waals surface area contributed by atoms with Crippen LogP contribution in [0.3, 0.4) is 0 Å². The minimum atomic E-state index is -0.273. The van der Waals surface area contributed by atoms with Crippen molar-refractivity contribution in [1.82, 2.24) is 34.1 Å². The summed E-state index contributed by atoms with van der Waals surface area (Å²) in [6.07, 6.45) is 6.59. The highest BCUT2D eigenvalue weighted by molar-refractivity contribution is 5.79. The highest BCUT2D eigenvalue weighted by atomic mass is 16.1. The van der Waals surface area contributed by atoms with E-state index in [1.54, 1.807) is 52.3 Å². The van der Waals surface area contributed by atoms with Gasteiger partial charge in [0.2, 0.25) is 5.95 Å². The Kier molecular flexibility index (Phi) is 3.70. The second kappa shape index (κ2) is 6.38. The molecule has 140 valence electrons. The maximum absolute atomic E-state index is 12.6.